The average Bonchev–Trinajstić information content (AvgIpc) is 2.60. The van der Waals surface area contributed by atoms with Crippen molar-refractivity contribution in [2.24, 2.45) is 0 Å². The van der Waals surface area contributed by atoms with Crippen LogP contribution >= 0.6 is 0 Å². The van der Waals surface area contributed by atoms with Gasteiger partial charge < -0.3 is 9.47 Å². The van der Waals surface area contributed by atoms with E-state index in [1.54, 1.807) is 41.5 Å². The quantitative estimate of drug-likeness (QED) is 0.628. The van der Waals surface area contributed by atoms with Crippen molar-refractivity contribution in [2.45, 2.75) is 59.2 Å². The predicted octanol–water partition coefficient (Wildman–Crippen LogP) is 6.07. The van der Waals surface area contributed by atoms with E-state index in [9.17, 15) is 9.59 Å². The van der Waals surface area contributed by atoms with Crippen molar-refractivity contribution < 1.29 is 19.1 Å². The van der Waals surface area contributed by atoms with Gasteiger partial charge in [0.2, 0.25) is 0 Å². The minimum atomic E-state index is -0.701. The molecule has 0 bridgehead atoms. The lowest BCUT2D eigenvalue weighted by atomic mass is 10.0. The van der Waals surface area contributed by atoms with Gasteiger partial charge in [0.1, 0.15) is 11.2 Å². The van der Waals surface area contributed by atoms with E-state index in [2.05, 4.69) is 12.1 Å². The third-order valence-electron chi connectivity index (χ3n) is 3.91. The Balaban J connectivity index is 2.10. The maximum atomic E-state index is 12.5. The third kappa shape index (κ3) is 7.60. The van der Waals surface area contributed by atoms with Crippen LogP contribution in [0.4, 0.5) is 9.59 Å². The first-order valence-corrected chi connectivity index (χ1v) is 9.82. The summed E-state index contributed by atoms with van der Waals surface area (Å²) in [5.74, 6) is 0. The van der Waals surface area contributed by atoms with Gasteiger partial charge in [-0.2, -0.15) is 0 Å². The Kier molecular flexibility index (Phi) is 7.07. The molecule has 0 saturated carbocycles. The molecular weight excluding hydrogens is 366 g/mol. The van der Waals surface area contributed by atoms with Gasteiger partial charge in [-0.15, -0.1) is 0 Å². The Hall–Kier alpha value is -2.82. The van der Waals surface area contributed by atoms with E-state index in [1.165, 1.54) is 0 Å². The smallest absolute Gasteiger partial charge is 0.419 e. The lowest BCUT2D eigenvalue weighted by molar-refractivity contribution is 0.00171. The molecule has 0 aliphatic carbocycles. The van der Waals surface area contributed by atoms with Crippen molar-refractivity contribution in [3.05, 3.63) is 60.2 Å². The molecule has 2 amide bonds. The van der Waals surface area contributed by atoms with E-state index in [4.69, 9.17) is 9.47 Å². The first-order valence-electron chi connectivity index (χ1n) is 9.82. The molecule has 0 aromatic heterocycles. The van der Waals surface area contributed by atoms with E-state index in [0.717, 1.165) is 21.6 Å². The molecule has 0 N–H and O–H groups in total. The van der Waals surface area contributed by atoms with Crippen LogP contribution in [-0.4, -0.2) is 34.8 Å². The highest BCUT2D eigenvalue weighted by Crippen LogP contribution is 2.20. The Morgan fingerprint density at radius 3 is 1.62 bits per heavy atom. The van der Waals surface area contributed by atoms with Crippen molar-refractivity contribution in [1.29, 1.82) is 0 Å². The fourth-order valence-corrected chi connectivity index (χ4v) is 2.63. The summed E-state index contributed by atoms with van der Waals surface area (Å²) in [5.41, 5.74) is 1.87. The monoisotopic (exact) mass is 397 g/mol. The molecule has 2 rings (SSSR count). The number of ether oxygens (including phenoxy) is 2. The second-order valence-electron chi connectivity index (χ2n) is 8.93. The summed E-state index contributed by atoms with van der Waals surface area (Å²) in [6, 6.07) is 18.2. The average molecular weight is 398 g/mol. The van der Waals surface area contributed by atoms with E-state index in [0.29, 0.717) is 6.42 Å². The molecule has 0 atom stereocenters. The molecule has 0 spiro atoms. The molecule has 0 aliphatic rings. The van der Waals surface area contributed by atoms with Crippen molar-refractivity contribution >= 4 is 12.2 Å². The van der Waals surface area contributed by atoms with Crippen LogP contribution in [0.25, 0.3) is 11.1 Å². The van der Waals surface area contributed by atoms with Crippen molar-refractivity contribution in [2.75, 3.05) is 6.54 Å². The van der Waals surface area contributed by atoms with Crippen molar-refractivity contribution in [3.63, 3.8) is 0 Å². The second kappa shape index (κ2) is 9.12. The fraction of sp³-hybridized carbons (Fsp3) is 0.417. The lowest BCUT2D eigenvalue weighted by Gasteiger charge is -2.28. The Morgan fingerprint density at radius 2 is 1.17 bits per heavy atom. The molecule has 0 heterocycles. The van der Waals surface area contributed by atoms with Crippen LogP contribution in [0.3, 0.4) is 0 Å². The molecule has 5 heteroatoms. The molecule has 5 nitrogen and oxygen atoms in total. The molecule has 0 saturated heterocycles. The molecule has 0 radical (unpaired) electrons. The molecule has 156 valence electrons. The summed E-state index contributed by atoms with van der Waals surface area (Å²) in [7, 11) is 0. The zero-order valence-corrected chi connectivity index (χ0v) is 18.2. The van der Waals surface area contributed by atoms with Gasteiger partial charge in [-0.1, -0.05) is 54.6 Å². The second-order valence-corrected chi connectivity index (χ2v) is 8.93. The highest BCUT2D eigenvalue weighted by Gasteiger charge is 2.30. The minimum Gasteiger partial charge on any atom is -0.443 e. The third-order valence-corrected chi connectivity index (χ3v) is 3.91. The highest BCUT2D eigenvalue weighted by molar-refractivity contribution is 5.88. The summed E-state index contributed by atoms with van der Waals surface area (Å²) in [6.07, 6.45) is -0.895. The van der Waals surface area contributed by atoms with Gasteiger partial charge in [0.15, 0.2) is 0 Å². The van der Waals surface area contributed by atoms with Crippen molar-refractivity contribution in [1.82, 2.24) is 4.90 Å². The van der Waals surface area contributed by atoms with Crippen LogP contribution < -0.4 is 0 Å². The molecule has 0 unspecified atom stereocenters. The molecule has 0 fully saturated rings. The van der Waals surface area contributed by atoms with E-state index in [1.807, 2.05) is 42.5 Å². The number of carbonyl (C=O) groups is 2. The van der Waals surface area contributed by atoms with Gasteiger partial charge in [0.05, 0.1) is 0 Å². The fourth-order valence-electron chi connectivity index (χ4n) is 2.63. The summed E-state index contributed by atoms with van der Waals surface area (Å²) in [5, 5.41) is 0. The lowest BCUT2D eigenvalue weighted by Crippen LogP contribution is -2.44. The molecule has 2 aromatic carbocycles. The number of hydrogen-bond acceptors (Lipinski definition) is 4. The summed E-state index contributed by atoms with van der Waals surface area (Å²) >= 11 is 0. The van der Waals surface area contributed by atoms with Gasteiger partial charge in [-0.05, 0) is 64.7 Å². The first-order chi connectivity index (χ1) is 13.4. The Morgan fingerprint density at radius 1 is 0.724 bits per heavy atom. The zero-order valence-electron chi connectivity index (χ0n) is 18.2. The number of benzene rings is 2. The standard InChI is InChI=1S/C24H31NO4/c1-23(2,3)28-21(26)25(22(27)29-24(4,5)6)17-16-18-12-14-20(15-13-18)19-10-8-7-9-11-19/h7-15H,16-17H2,1-6H3. The van der Waals surface area contributed by atoms with Gasteiger partial charge in [0, 0.05) is 6.54 Å². The van der Waals surface area contributed by atoms with E-state index < -0.39 is 23.4 Å². The van der Waals surface area contributed by atoms with Crippen LogP contribution in [0.1, 0.15) is 47.1 Å². The summed E-state index contributed by atoms with van der Waals surface area (Å²) in [4.78, 5) is 26.1. The topological polar surface area (TPSA) is 55.8 Å². The highest BCUT2D eigenvalue weighted by atomic mass is 16.6. The van der Waals surface area contributed by atoms with Crippen LogP contribution in [0, 0.1) is 0 Å². The molecule has 0 aliphatic heterocycles. The van der Waals surface area contributed by atoms with Gasteiger partial charge in [0.25, 0.3) is 0 Å². The number of imide groups is 1. The van der Waals surface area contributed by atoms with Gasteiger partial charge >= 0.3 is 12.2 Å². The number of nitrogens with zero attached hydrogens (tertiary/aromatic N) is 1. The summed E-state index contributed by atoms with van der Waals surface area (Å²) in [6.45, 7) is 10.8. The maximum Gasteiger partial charge on any atom is 0.419 e. The molecular formula is C24H31NO4. The van der Waals surface area contributed by atoms with Gasteiger partial charge in [-0.25, -0.2) is 14.5 Å². The van der Waals surface area contributed by atoms with E-state index in [-0.39, 0.29) is 6.54 Å². The molecule has 2 aromatic rings. The van der Waals surface area contributed by atoms with Crippen LogP contribution in [-0.2, 0) is 15.9 Å². The molecule has 29 heavy (non-hydrogen) atoms. The SMILES string of the molecule is CC(C)(C)OC(=O)N(CCc1ccc(-c2ccccc2)cc1)C(=O)OC(C)(C)C. The largest absolute Gasteiger partial charge is 0.443 e. The minimum absolute atomic E-state index is 0.175. The van der Waals surface area contributed by atoms with Crippen LogP contribution in [0.15, 0.2) is 54.6 Å². The van der Waals surface area contributed by atoms with Crippen LogP contribution in [0.2, 0.25) is 0 Å². The van der Waals surface area contributed by atoms with Crippen LogP contribution in [0.5, 0.6) is 0 Å². The number of hydrogen-bond donors (Lipinski definition) is 0. The van der Waals surface area contributed by atoms with Gasteiger partial charge in [-0.3, -0.25) is 0 Å². The number of carbonyl (C=O) groups excluding carboxylic acids is 2. The first kappa shape index (κ1) is 22.5. The zero-order chi connectivity index (χ0) is 21.7. The maximum absolute atomic E-state index is 12.5. The normalized spacial score (nSPS) is 11.7. The van der Waals surface area contributed by atoms with Crippen molar-refractivity contribution in [3.8, 4) is 11.1 Å². The number of amides is 2. The summed E-state index contributed by atoms with van der Waals surface area (Å²) < 4.78 is 10.8. The van der Waals surface area contributed by atoms with E-state index >= 15 is 0 Å². The Bertz CT molecular complexity index is 787. The predicted molar refractivity (Wildman–Crippen MR) is 115 cm³/mol. The number of rotatable bonds is 4. The Labute approximate surface area is 173 Å².